The molecule has 2 N–H and O–H groups in total. The molecule has 0 radical (unpaired) electrons. The predicted molar refractivity (Wildman–Crippen MR) is 95.1 cm³/mol. The summed E-state index contributed by atoms with van der Waals surface area (Å²) >= 11 is 0. The van der Waals surface area contributed by atoms with E-state index in [9.17, 15) is 4.79 Å². The molecular weight excluding hydrogens is 318 g/mol. The van der Waals surface area contributed by atoms with Gasteiger partial charge in [-0.3, -0.25) is 10.00 Å². The molecule has 1 aliphatic heterocycles. The quantitative estimate of drug-likeness (QED) is 0.844. The van der Waals surface area contributed by atoms with Crippen LogP contribution >= 0.6 is 0 Å². The van der Waals surface area contributed by atoms with Crippen molar-refractivity contribution in [1.29, 1.82) is 0 Å². The van der Waals surface area contributed by atoms with Crippen LogP contribution in [0.3, 0.4) is 0 Å². The van der Waals surface area contributed by atoms with Crippen LogP contribution in [-0.4, -0.2) is 67.8 Å². The van der Waals surface area contributed by atoms with Crippen molar-refractivity contribution < 1.29 is 4.79 Å². The highest BCUT2D eigenvalue weighted by atomic mass is 16.2. The molecule has 0 spiro atoms. The molecule has 0 unspecified atom stereocenters. The van der Waals surface area contributed by atoms with Gasteiger partial charge in [-0.2, -0.15) is 5.10 Å². The third-order valence-corrected chi connectivity index (χ3v) is 4.59. The number of imidazole rings is 1. The van der Waals surface area contributed by atoms with E-state index in [1.807, 2.05) is 48.8 Å². The van der Waals surface area contributed by atoms with Gasteiger partial charge in [0.25, 0.3) is 0 Å². The third-order valence-electron chi connectivity index (χ3n) is 4.59. The summed E-state index contributed by atoms with van der Waals surface area (Å²) in [5, 5.41) is 10.2. The number of rotatable bonds is 5. The number of nitrogens with zero attached hydrogens (tertiary/aromatic N) is 5. The summed E-state index contributed by atoms with van der Waals surface area (Å²) in [5.41, 5.74) is 2.02. The van der Waals surface area contributed by atoms with E-state index in [1.54, 1.807) is 0 Å². The smallest absolute Gasteiger partial charge is 0.317 e. The van der Waals surface area contributed by atoms with Crippen LogP contribution in [0.5, 0.6) is 0 Å². The Morgan fingerprint density at radius 3 is 2.72 bits per heavy atom. The van der Waals surface area contributed by atoms with Crippen LogP contribution < -0.4 is 5.32 Å². The predicted octanol–water partition coefficient (Wildman–Crippen LogP) is 0.910. The van der Waals surface area contributed by atoms with Crippen LogP contribution in [0.1, 0.15) is 24.1 Å². The highest BCUT2D eigenvalue weighted by Crippen LogP contribution is 2.08. The van der Waals surface area contributed by atoms with E-state index in [4.69, 9.17) is 0 Å². The van der Waals surface area contributed by atoms with Gasteiger partial charge in [0.05, 0.1) is 12.2 Å². The minimum absolute atomic E-state index is 0.0106. The fourth-order valence-corrected chi connectivity index (χ4v) is 3.10. The maximum absolute atomic E-state index is 12.4. The van der Waals surface area contributed by atoms with Crippen LogP contribution in [0, 0.1) is 6.92 Å². The molecule has 8 nitrogen and oxygen atoms in total. The highest BCUT2D eigenvalue weighted by Gasteiger charge is 2.23. The number of amides is 2. The van der Waals surface area contributed by atoms with E-state index in [1.165, 1.54) is 0 Å². The van der Waals surface area contributed by atoms with Crippen LogP contribution in [0.4, 0.5) is 4.79 Å². The molecule has 3 rings (SSSR count). The fourth-order valence-electron chi connectivity index (χ4n) is 3.10. The van der Waals surface area contributed by atoms with Crippen molar-refractivity contribution in [3.8, 4) is 0 Å². The molecule has 25 heavy (non-hydrogen) atoms. The number of hydrogen-bond acceptors (Lipinski definition) is 4. The number of H-pyrrole nitrogens is 1. The van der Waals surface area contributed by atoms with Crippen LogP contribution in [0.2, 0.25) is 0 Å². The fraction of sp³-hybridized carbons (Fsp3) is 0.588. The van der Waals surface area contributed by atoms with E-state index >= 15 is 0 Å². The lowest BCUT2D eigenvalue weighted by Crippen LogP contribution is -2.53. The maximum atomic E-state index is 12.4. The van der Waals surface area contributed by atoms with Crippen molar-refractivity contribution in [1.82, 2.24) is 34.9 Å². The SMILES string of the molecule is Cc1cc(C[C@H](C)NC(=O)N2CCN(Cc3nccn3C)CC2)n[nH]1. The average molecular weight is 345 g/mol. The zero-order valence-corrected chi connectivity index (χ0v) is 15.2. The number of aromatic nitrogens is 4. The first-order chi connectivity index (χ1) is 12.0. The Hall–Kier alpha value is -2.35. The molecule has 8 heteroatoms. The van der Waals surface area contributed by atoms with Crippen molar-refractivity contribution in [2.24, 2.45) is 7.05 Å². The molecule has 2 aromatic heterocycles. The average Bonchev–Trinajstić information content (AvgIpc) is 3.16. The summed E-state index contributed by atoms with van der Waals surface area (Å²) in [6, 6.07) is 2.08. The molecule has 136 valence electrons. The van der Waals surface area contributed by atoms with E-state index in [0.717, 1.165) is 56.4 Å². The Morgan fingerprint density at radius 2 is 2.12 bits per heavy atom. The van der Waals surface area contributed by atoms with Crippen molar-refractivity contribution in [3.63, 3.8) is 0 Å². The Bertz CT molecular complexity index is 699. The molecule has 1 fully saturated rings. The number of urea groups is 1. The largest absolute Gasteiger partial charge is 0.337 e. The second-order valence-corrected chi connectivity index (χ2v) is 6.81. The van der Waals surface area contributed by atoms with Crippen LogP contribution in [-0.2, 0) is 20.0 Å². The number of hydrogen-bond donors (Lipinski definition) is 2. The Morgan fingerprint density at radius 1 is 1.36 bits per heavy atom. The second kappa shape index (κ2) is 7.69. The van der Waals surface area contributed by atoms with E-state index < -0.39 is 0 Å². The van der Waals surface area contributed by atoms with Gasteiger partial charge in [-0.05, 0) is 19.9 Å². The number of aryl methyl sites for hydroxylation is 2. The first-order valence-electron chi connectivity index (χ1n) is 8.76. The molecule has 1 saturated heterocycles. The van der Waals surface area contributed by atoms with Crippen LogP contribution in [0.15, 0.2) is 18.5 Å². The minimum Gasteiger partial charge on any atom is -0.337 e. The number of carbonyl (C=O) groups excluding carboxylic acids is 1. The molecule has 2 amide bonds. The molecule has 3 heterocycles. The number of aromatic amines is 1. The normalized spacial score (nSPS) is 16.8. The van der Waals surface area contributed by atoms with E-state index in [2.05, 4.69) is 25.4 Å². The molecule has 0 saturated carbocycles. The van der Waals surface area contributed by atoms with Gasteiger partial charge in [0.2, 0.25) is 0 Å². The highest BCUT2D eigenvalue weighted by molar-refractivity contribution is 5.74. The number of carbonyl (C=O) groups is 1. The Balaban J connectivity index is 1.42. The summed E-state index contributed by atoms with van der Waals surface area (Å²) < 4.78 is 2.04. The molecule has 1 aliphatic rings. The van der Waals surface area contributed by atoms with Crippen molar-refractivity contribution in [2.75, 3.05) is 26.2 Å². The van der Waals surface area contributed by atoms with Crippen molar-refractivity contribution in [2.45, 2.75) is 32.9 Å². The molecule has 1 atom stereocenters. The number of piperazine rings is 1. The molecule has 0 bridgehead atoms. The summed E-state index contributed by atoms with van der Waals surface area (Å²) in [4.78, 5) is 21.0. The van der Waals surface area contributed by atoms with Gasteiger partial charge in [-0.15, -0.1) is 0 Å². The van der Waals surface area contributed by atoms with E-state index in [-0.39, 0.29) is 12.1 Å². The van der Waals surface area contributed by atoms with Crippen molar-refractivity contribution in [3.05, 3.63) is 35.7 Å². The molecule has 0 aromatic carbocycles. The first-order valence-corrected chi connectivity index (χ1v) is 8.76. The van der Waals surface area contributed by atoms with Gasteiger partial charge in [0.15, 0.2) is 0 Å². The summed E-state index contributed by atoms with van der Waals surface area (Å²) in [7, 11) is 2.01. The summed E-state index contributed by atoms with van der Waals surface area (Å²) in [5.74, 6) is 1.06. The van der Waals surface area contributed by atoms with Gasteiger partial charge in [-0.1, -0.05) is 0 Å². The monoisotopic (exact) mass is 345 g/mol. The first kappa shape index (κ1) is 17.5. The lowest BCUT2D eigenvalue weighted by Gasteiger charge is -2.35. The third kappa shape index (κ3) is 4.60. The van der Waals surface area contributed by atoms with Crippen molar-refractivity contribution >= 4 is 6.03 Å². The lowest BCUT2D eigenvalue weighted by molar-refractivity contribution is 0.131. The summed E-state index contributed by atoms with van der Waals surface area (Å²) in [6.07, 6.45) is 4.51. The molecule has 2 aromatic rings. The topological polar surface area (TPSA) is 82.1 Å². The molecule has 0 aliphatic carbocycles. The Kier molecular flexibility index (Phi) is 5.37. The van der Waals surface area contributed by atoms with Gasteiger partial charge in [-0.25, -0.2) is 9.78 Å². The summed E-state index contributed by atoms with van der Waals surface area (Å²) in [6.45, 7) is 8.03. The number of nitrogens with one attached hydrogen (secondary N) is 2. The van der Waals surface area contributed by atoms with Gasteiger partial charge in [0.1, 0.15) is 5.82 Å². The molecular formula is C17H27N7O. The zero-order chi connectivity index (χ0) is 17.8. The standard InChI is InChI=1S/C17H27N7O/c1-13(10-15-11-14(2)20-21-15)19-17(25)24-8-6-23(7-9-24)12-16-18-4-5-22(16)3/h4-5,11,13H,6-10,12H2,1-3H3,(H,19,25)(H,20,21)/t13-/m0/s1. The Labute approximate surface area is 148 Å². The minimum atomic E-state index is 0.0106. The van der Waals surface area contributed by atoms with E-state index in [0.29, 0.717) is 0 Å². The van der Waals surface area contributed by atoms with Gasteiger partial charge >= 0.3 is 6.03 Å². The van der Waals surface area contributed by atoms with Crippen LogP contribution in [0.25, 0.3) is 0 Å². The maximum Gasteiger partial charge on any atom is 0.317 e. The lowest BCUT2D eigenvalue weighted by atomic mass is 10.2. The zero-order valence-electron chi connectivity index (χ0n) is 15.2. The second-order valence-electron chi connectivity index (χ2n) is 6.81. The van der Waals surface area contributed by atoms with Gasteiger partial charge in [0, 0.05) is 63.8 Å². The van der Waals surface area contributed by atoms with Gasteiger partial charge < -0.3 is 14.8 Å².